The van der Waals surface area contributed by atoms with Crippen LogP contribution in [0.3, 0.4) is 0 Å². The van der Waals surface area contributed by atoms with Gasteiger partial charge in [0.05, 0.1) is 11.6 Å². The fraction of sp³-hybridized carbons (Fsp3) is 0.600. The molecule has 0 aliphatic carbocycles. The van der Waals surface area contributed by atoms with Crippen LogP contribution in [0.5, 0.6) is 5.75 Å². The summed E-state index contributed by atoms with van der Waals surface area (Å²) in [5, 5.41) is 3.66. The van der Waals surface area contributed by atoms with E-state index >= 15 is 0 Å². The van der Waals surface area contributed by atoms with Gasteiger partial charge in [-0.1, -0.05) is 6.92 Å². The zero-order chi connectivity index (χ0) is 14.0. The van der Waals surface area contributed by atoms with E-state index in [9.17, 15) is 0 Å². The van der Waals surface area contributed by atoms with Gasteiger partial charge in [0, 0.05) is 30.4 Å². The molecule has 4 heteroatoms. The summed E-state index contributed by atoms with van der Waals surface area (Å²) in [6, 6.07) is 7.34. The molecule has 1 aliphatic rings. The highest BCUT2D eigenvalue weighted by molar-refractivity contribution is 9.10. The van der Waals surface area contributed by atoms with E-state index in [0.717, 1.165) is 22.5 Å². The highest BCUT2D eigenvalue weighted by Crippen LogP contribution is 2.30. The average molecular weight is 327 g/mol. The molecular weight excluding hydrogens is 304 g/mol. The molecule has 0 spiro atoms. The van der Waals surface area contributed by atoms with Gasteiger partial charge in [-0.25, -0.2) is 0 Å². The number of halogens is 1. The van der Waals surface area contributed by atoms with Gasteiger partial charge in [-0.15, -0.1) is 0 Å². The van der Waals surface area contributed by atoms with Crippen LogP contribution >= 0.6 is 15.9 Å². The Kier molecular flexibility index (Phi) is 4.74. The molecule has 0 amide bonds. The molecule has 1 aromatic rings. The van der Waals surface area contributed by atoms with Gasteiger partial charge >= 0.3 is 0 Å². The quantitative estimate of drug-likeness (QED) is 0.918. The van der Waals surface area contributed by atoms with Crippen LogP contribution in [0.2, 0.25) is 0 Å². The zero-order valence-electron chi connectivity index (χ0n) is 12.1. The lowest BCUT2D eigenvalue weighted by Crippen LogP contribution is -2.48. The molecule has 2 rings (SSSR count). The van der Waals surface area contributed by atoms with E-state index in [1.54, 1.807) is 7.11 Å². The normalized spacial score (nSPS) is 28.2. The third-order valence-corrected chi connectivity index (χ3v) is 4.77. The second kappa shape index (κ2) is 6.14. The molecule has 0 aromatic heterocycles. The largest absolute Gasteiger partial charge is 0.495 e. The minimum absolute atomic E-state index is 0.525. The van der Waals surface area contributed by atoms with E-state index in [4.69, 9.17) is 4.74 Å². The minimum Gasteiger partial charge on any atom is -0.495 e. The second-order valence-electron chi connectivity index (χ2n) is 5.60. The molecule has 1 N–H and O–H groups in total. The van der Waals surface area contributed by atoms with Gasteiger partial charge in [-0.05, 0) is 54.4 Å². The highest BCUT2D eigenvalue weighted by Gasteiger charge is 2.28. The Labute approximate surface area is 124 Å². The number of rotatable bonds is 3. The first kappa shape index (κ1) is 14.7. The SMILES string of the molecule is COc1cc(NC2CC(C)N(C)CC2C)ccc1Br. The van der Waals surface area contributed by atoms with Crippen LogP contribution in [0.25, 0.3) is 0 Å². The Morgan fingerprint density at radius 2 is 2.11 bits per heavy atom. The van der Waals surface area contributed by atoms with Gasteiger partial charge in [-0.2, -0.15) is 0 Å². The molecule has 0 radical (unpaired) electrons. The van der Waals surface area contributed by atoms with Gasteiger partial charge < -0.3 is 15.0 Å². The number of hydrogen-bond donors (Lipinski definition) is 1. The highest BCUT2D eigenvalue weighted by atomic mass is 79.9. The van der Waals surface area contributed by atoms with Crippen molar-refractivity contribution in [2.45, 2.75) is 32.4 Å². The first-order chi connectivity index (χ1) is 9.01. The molecule has 1 aromatic carbocycles. The number of piperidine rings is 1. The molecule has 19 heavy (non-hydrogen) atoms. The second-order valence-corrected chi connectivity index (χ2v) is 6.46. The van der Waals surface area contributed by atoms with Crippen molar-refractivity contribution < 1.29 is 4.74 Å². The smallest absolute Gasteiger partial charge is 0.135 e. The topological polar surface area (TPSA) is 24.5 Å². The Morgan fingerprint density at radius 3 is 2.79 bits per heavy atom. The van der Waals surface area contributed by atoms with Crippen molar-refractivity contribution in [3.8, 4) is 5.75 Å². The fourth-order valence-corrected chi connectivity index (χ4v) is 3.11. The molecular formula is C15H23BrN2O. The number of methoxy groups -OCH3 is 1. The Bertz CT molecular complexity index is 438. The van der Waals surface area contributed by atoms with Crippen molar-refractivity contribution in [2.24, 2.45) is 5.92 Å². The molecule has 106 valence electrons. The fourth-order valence-electron chi connectivity index (χ4n) is 2.71. The van der Waals surface area contributed by atoms with Crippen LogP contribution in [-0.4, -0.2) is 37.7 Å². The molecule has 1 heterocycles. The maximum Gasteiger partial charge on any atom is 0.135 e. The third-order valence-electron chi connectivity index (χ3n) is 4.11. The molecule has 0 saturated carbocycles. The summed E-state index contributed by atoms with van der Waals surface area (Å²) in [7, 11) is 3.91. The van der Waals surface area contributed by atoms with Crippen molar-refractivity contribution in [2.75, 3.05) is 26.0 Å². The zero-order valence-corrected chi connectivity index (χ0v) is 13.7. The van der Waals surface area contributed by atoms with Gasteiger partial charge in [0.15, 0.2) is 0 Å². The maximum atomic E-state index is 5.34. The van der Waals surface area contributed by atoms with Crippen LogP contribution in [0.15, 0.2) is 22.7 Å². The van der Waals surface area contributed by atoms with Crippen LogP contribution in [-0.2, 0) is 0 Å². The van der Waals surface area contributed by atoms with E-state index < -0.39 is 0 Å². The monoisotopic (exact) mass is 326 g/mol. The summed E-state index contributed by atoms with van der Waals surface area (Å²) in [6.45, 7) is 5.76. The molecule has 0 bridgehead atoms. The number of likely N-dealkylation sites (tertiary alicyclic amines) is 1. The molecule has 1 saturated heterocycles. The lowest BCUT2D eigenvalue weighted by Gasteiger charge is -2.40. The van der Waals surface area contributed by atoms with E-state index in [2.05, 4.69) is 59.2 Å². The third kappa shape index (κ3) is 3.42. The average Bonchev–Trinajstić information content (AvgIpc) is 2.38. The standard InChI is InChI=1S/C15H23BrN2O/c1-10-9-18(3)11(2)7-14(10)17-12-5-6-13(16)15(8-12)19-4/h5-6,8,10-11,14,17H,7,9H2,1-4H3. The Morgan fingerprint density at radius 1 is 1.37 bits per heavy atom. The molecule has 1 aliphatic heterocycles. The van der Waals surface area contributed by atoms with Gasteiger partial charge in [-0.3, -0.25) is 0 Å². The van der Waals surface area contributed by atoms with Crippen molar-refractivity contribution in [1.29, 1.82) is 0 Å². The maximum absolute atomic E-state index is 5.34. The molecule has 1 fully saturated rings. The molecule has 3 nitrogen and oxygen atoms in total. The van der Waals surface area contributed by atoms with E-state index in [1.807, 2.05) is 6.07 Å². The predicted molar refractivity (Wildman–Crippen MR) is 84.0 cm³/mol. The van der Waals surface area contributed by atoms with E-state index in [-0.39, 0.29) is 0 Å². The van der Waals surface area contributed by atoms with Gasteiger partial charge in [0.25, 0.3) is 0 Å². The first-order valence-electron chi connectivity index (χ1n) is 6.81. The van der Waals surface area contributed by atoms with Gasteiger partial charge in [0.2, 0.25) is 0 Å². The van der Waals surface area contributed by atoms with Crippen LogP contribution in [0.1, 0.15) is 20.3 Å². The minimum atomic E-state index is 0.525. The van der Waals surface area contributed by atoms with Crippen molar-refractivity contribution in [1.82, 2.24) is 4.90 Å². The number of nitrogens with one attached hydrogen (secondary N) is 1. The Balaban J connectivity index is 2.08. The summed E-state index contributed by atoms with van der Waals surface area (Å²) in [5.41, 5.74) is 1.13. The van der Waals surface area contributed by atoms with Gasteiger partial charge in [0.1, 0.15) is 5.75 Å². The molecule has 3 unspecified atom stereocenters. The Hall–Kier alpha value is -0.740. The van der Waals surface area contributed by atoms with E-state index in [1.165, 1.54) is 6.42 Å². The lowest BCUT2D eigenvalue weighted by molar-refractivity contribution is 0.145. The number of hydrogen-bond acceptors (Lipinski definition) is 3. The summed E-state index contributed by atoms with van der Waals surface area (Å²) in [5.74, 6) is 1.52. The predicted octanol–water partition coefficient (Wildman–Crippen LogP) is 3.60. The number of ether oxygens (including phenoxy) is 1. The number of benzene rings is 1. The number of nitrogens with zero attached hydrogens (tertiary/aromatic N) is 1. The summed E-state index contributed by atoms with van der Waals surface area (Å²) in [6.07, 6.45) is 1.18. The van der Waals surface area contributed by atoms with Crippen LogP contribution in [0.4, 0.5) is 5.69 Å². The van der Waals surface area contributed by atoms with Crippen LogP contribution < -0.4 is 10.1 Å². The van der Waals surface area contributed by atoms with Crippen molar-refractivity contribution in [3.05, 3.63) is 22.7 Å². The lowest BCUT2D eigenvalue weighted by atomic mass is 9.89. The summed E-state index contributed by atoms with van der Waals surface area (Å²) >= 11 is 3.49. The van der Waals surface area contributed by atoms with Crippen molar-refractivity contribution >= 4 is 21.6 Å². The van der Waals surface area contributed by atoms with Crippen molar-refractivity contribution in [3.63, 3.8) is 0 Å². The summed E-state index contributed by atoms with van der Waals surface area (Å²) < 4.78 is 6.34. The first-order valence-corrected chi connectivity index (χ1v) is 7.61. The number of anilines is 1. The molecule has 3 atom stereocenters. The van der Waals surface area contributed by atoms with E-state index in [0.29, 0.717) is 18.0 Å². The van der Waals surface area contributed by atoms with Crippen LogP contribution in [0, 0.1) is 5.92 Å². The summed E-state index contributed by atoms with van der Waals surface area (Å²) in [4.78, 5) is 2.44.